The molecule has 1 atom stereocenters. The third-order valence-corrected chi connectivity index (χ3v) is 4.51. The van der Waals surface area contributed by atoms with Gasteiger partial charge in [0.25, 0.3) is 0 Å². The van der Waals surface area contributed by atoms with Gasteiger partial charge in [-0.25, -0.2) is 0 Å². The van der Waals surface area contributed by atoms with Gasteiger partial charge in [0.15, 0.2) is 0 Å². The van der Waals surface area contributed by atoms with Crippen molar-refractivity contribution in [3.8, 4) is 0 Å². The average Bonchev–Trinajstić information content (AvgIpc) is 2.85. The summed E-state index contributed by atoms with van der Waals surface area (Å²) < 4.78 is 0. The van der Waals surface area contributed by atoms with E-state index in [2.05, 4.69) is 52.1 Å². The van der Waals surface area contributed by atoms with Crippen LogP contribution in [0.5, 0.6) is 0 Å². The quantitative estimate of drug-likeness (QED) is 0.854. The van der Waals surface area contributed by atoms with E-state index in [0.717, 1.165) is 24.5 Å². The molecule has 1 saturated heterocycles. The number of hydrogen-bond donors (Lipinski definition) is 0. The summed E-state index contributed by atoms with van der Waals surface area (Å²) in [6.45, 7) is 6.39. The van der Waals surface area contributed by atoms with Gasteiger partial charge in [0.2, 0.25) is 0 Å². The van der Waals surface area contributed by atoms with Crippen LogP contribution in [0.3, 0.4) is 0 Å². The standard InChI is InChI=1S/C17H21N3/c1-14-16(19-11-10-18-14)13-20-12-6-9-17(20,2)15-7-4-3-5-8-15/h3-5,7-8,10-11H,6,9,12-13H2,1-2H3/t17-/m0/s1. The first kappa shape index (κ1) is 13.3. The summed E-state index contributed by atoms with van der Waals surface area (Å²) in [7, 11) is 0. The average molecular weight is 267 g/mol. The summed E-state index contributed by atoms with van der Waals surface area (Å²) in [4.78, 5) is 11.4. The maximum Gasteiger partial charge on any atom is 0.0756 e. The molecule has 0 amide bonds. The maximum atomic E-state index is 4.50. The first-order chi connectivity index (χ1) is 9.70. The van der Waals surface area contributed by atoms with Crippen molar-refractivity contribution in [2.45, 2.75) is 38.8 Å². The van der Waals surface area contributed by atoms with Gasteiger partial charge < -0.3 is 0 Å². The molecule has 2 aromatic rings. The zero-order valence-electron chi connectivity index (χ0n) is 12.2. The lowest BCUT2D eigenvalue weighted by Gasteiger charge is -2.35. The predicted molar refractivity (Wildman–Crippen MR) is 80.2 cm³/mol. The molecule has 0 bridgehead atoms. The Bertz CT molecular complexity index is 582. The Kier molecular flexibility index (Phi) is 3.53. The Morgan fingerprint density at radius 1 is 1.15 bits per heavy atom. The van der Waals surface area contributed by atoms with E-state index >= 15 is 0 Å². The molecule has 104 valence electrons. The van der Waals surface area contributed by atoms with Crippen molar-refractivity contribution in [3.63, 3.8) is 0 Å². The minimum Gasteiger partial charge on any atom is -0.288 e. The highest BCUT2D eigenvalue weighted by molar-refractivity contribution is 5.25. The smallest absolute Gasteiger partial charge is 0.0756 e. The number of aryl methyl sites for hydroxylation is 1. The van der Waals surface area contributed by atoms with Gasteiger partial charge in [-0.3, -0.25) is 14.9 Å². The van der Waals surface area contributed by atoms with Crippen LogP contribution < -0.4 is 0 Å². The molecule has 0 spiro atoms. The maximum absolute atomic E-state index is 4.50. The first-order valence-corrected chi connectivity index (χ1v) is 7.27. The van der Waals surface area contributed by atoms with E-state index in [1.807, 2.05) is 6.92 Å². The van der Waals surface area contributed by atoms with Crippen LogP contribution >= 0.6 is 0 Å². The Morgan fingerprint density at radius 3 is 2.65 bits per heavy atom. The molecular formula is C17H21N3. The molecule has 0 saturated carbocycles. The van der Waals surface area contributed by atoms with Gasteiger partial charge in [0, 0.05) is 24.5 Å². The fourth-order valence-corrected chi connectivity index (χ4v) is 3.17. The van der Waals surface area contributed by atoms with E-state index in [9.17, 15) is 0 Å². The number of nitrogens with zero attached hydrogens (tertiary/aromatic N) is 3. The lowest BCUT2D eigenvalue weighted by molar-refractivity contribution is 0.145. The topological polar surface area (TPSA) is 29.0 Å². The van der Waals surface area contributed by atoms with Crippen molar-refractivity contribution in [2.75, 3.05) is 6.54 Å². The van der Waals surface area contributed by atoms with Crippen molar-refractivity contribution in [1.29, 1.82) is 0 Å². The molecule has 1 aliphatic heterocycles. The molecule has 3 nitrogen and oxygen atoms in total. The van der Waals surface area contributed by atoms with Crippen LogP contribution in [0.2, 0.25) is 0 Å². The van der Waals surface area contributed by atoms with Crippen LogP contribution in [0.4, 0.5) is 0 Å². The van der Waals surface area contributed by atoms with E-state index in [1.54, 1.807) is 12.4 Å². The lowest BCUT2D eigenvalue weighted by atomic mass is 9.89. The molecule has 3 rings (SSSR count). The van der Waals surface area contributed by atoms with Gasteiger partial charge in [0.1, 0.15) is 0 Å². The highest BCUT2D eigenvalue weighted by Crippen LogP contribution is 2.39. The second-order valence-electron chi connectivity index (χ2n) is 5.75. The highest BCUT2D eigenvalue weighted by Gasteiger charge is 2.38. The van der Waals surface area contributed by atoms with Gasteiger partial charge in [0.05, 0.1) is 11.4 Å². The van der Waals surface area contributed by atoms with Crippen molar-refractivity contribution < 1.29 is 0 Å². The summed E-state index contributed by atoms with van der Waals surface area (Å²) >= 11 is 0. The fourth-order valence-electron chi connectivity index (χ4n) is 3.17. The summed E-state index contributed by atoms with van der Waals surface area (Å²) in [6, 6.07) is 10.8. The van der Waals surface area contributed by atoms with Crippen LogP contribution in [0.1, 0.15) is 36.7 Å². The molecule has 0 radical (unpaired) electrons. The molecule has 2 heterocycles. The Balaban J connectivity index is 1.88. The molecule has 0 aliphatic carbocycles. The molecule has 1 aromatic heterocycles. The molecular weight excluding hydrogens is 246 g/mol. The summed E-state index contributed by atoms with van der Waals surface area (Å²) in [6.07, 6.45) is 6.00. The van der Waals surface area contributed by atoms with Crippen LogP contribution in [-0.2, 0) is 12.1 Å². The second kappa shape index (κ2) is 5.33. The fraction of sp³-hybridized carbons (Fsp3) is 0.412. The van der Waals surface area contributed by atoms with Crippen LogP contribution in [0, 0.1) is 6.92 Å². The van der Waals surface area contributed by atoms with Gasteiger partial charge in [-0.15, -0.1) is 0 Å². The number of likely N-dealkylation sites (tertiary alicyclic amines) is 1. The molecule has 1 aromatic carbocycles. The van der Waals surface area contributed by atoms with Crippen molar-refractivity contribution >= 4 is 0 Å². The van der Waals surface area contributed by atoms with E-state index in [-0.39, 0.29) is 5.54 Å². The summed E-state index contributed by atoms with van der Waals surface area (Å²) in [5.41, 5.74) is 3.65. The van der Waals surface area contributed by atoms with Crippen molar-refractivity contribution in [2.24, 2.45) is 0 Å². The number of benzene rings is 1. The van der Waals surface area contributed by atoms with Crippen LogP contribution in [-0.4, -0.2) is 21.4 Å². The van der Waals surface area contributed by atoms with Gasteiger partial charge in [-0.2, -0.15) is 0 Å². The monoisotopic (exact) mass is 267 g/mol. The summed E-state index contributed by atoms with van der Waals surface area (Å²) in [5, 5.41) is 0. The summed E-state index contributed by atoms with van der Waals surface area (Å²) in [5.74, 6) is 0. The van der Waals surface area contributed by atoms with E-state index < -0.39 is 0 Å². The third kappa shape index (κ3) is 2.34. The zero-order valence-corrected chi connectivity index (χ0v) is 12.2. The largest absolute Gasteiger partial charge is 0.288 e. The van der Waals surface area contributed by atoms with Crippen molar-refractivity contribution in [3.05, 3.63) is 59.7 Å². The molecule has 0 unspecified atom stereocenters. The number of rotatable bonds is 3. The van der Waals surface area contributed by atoms with Crippen molar-refractivity contribution in [1.82, 2.24) is 14.9 Å². The molecule has 0 N–H and O–H groups in total. The SMILES string of the molecule is Cc1nccnc1CN1CCC[C@@]1(C)c1ccccc1. The van der Waals surface area contributed by atoms with Gasteiger partial charge in [-0.1, -0.05) is 30.3 Å². The second-order valence-corrected chi connectivity index (χ2v) is 5.75. The van der Waals surface area contributed by atoms with Gasteiger partial charge >= 0.3 is 0 Å². The first-order valence-electron chi connectivity index (χ1n) is 7.27. The molecule has 3 heteroatoms. The lowest BCUT2D eigenvalue weighted by Crippen LogP contribution is -2.38. The molecule has 1 fully saturated rings. The predicted octanol–water partition coefficient (Wildman–Crippen LogP) is 3.30. The Morgan fingerprint density at radius 2 is 1.90 bits per heavy atom. The Hall–Kier alpha value is -1.74. The highest BCUT2D eigenvalue weighted by atomic mass is 15.2. The minimum atomic E-state index is 0.116. The number of aromatic nitrogens is 2. The van der Waals surface area contributed by atoms with Crippen LogP contribution in [0.15, 0.2) is 42.7 Å². The minimum absolute atomic E-state index is 0.116. The van der Waals surface area contributed by atoms with E-state index in [4.69, 9.17) is 0 Å². The normalized spacial score (nSPS) is 23.1. The molecule has 20 heavy (non-hydrogen) atoms. The third-order valence-electron chi connectivity index (χ3n) is 4.51. The molecule has 1 aliphatic rings. The van der Waals surface area contributed by atoms with E-state index in [1.165, 1.54) is 18.4 Å². The van der Waals surface area contributed by atoms with Crippen LogP contribution in [0.25, 0.3) is 0 Å². The Labute approximate surface area is 120 Å². The van der Waals surface area contributed by atoms with E-state index in [0.29, 0.717) is 0 Å². The van der Waals surface area contributed by atoms with Gasteiger partial charge in [-0.05, 0) is 38.8 Å². The zero-order chi connectivity index (χ0) is 14.0. The number of hydrogen-bond acceptors (Lipinski definition) is 3.